The van der Waals surface area contributed by atoms with Gasteiger partial charge in [-0.3, -0.25) is 0 Å². The minimum absolute atomic E-state index is 0.826. The molecule has 1 fully saturated rings. The molecule has 0 heterocycles. The van der Waals surface area contributed by atoms with Crippen LogP contribution in [0.15, 0.2) is 24.3 Å². The fourth-order valence-electron chi connectivity index (χ4n) is 1.80. The molecule has 15 heavy (non-hydrogen) atoms. The summed E-state index contributed by atoms with van der Waals surface area (Å²) in [5.41, 5.74) is 1.27. The van der Waals surface area contributed by atoms with Crippen LogP contribution in [0, 0.1) is 5.92 Å². The second-order valence-corrected chi connectivity index (χ2v) is 4.83. The van der Waals surface area contributed by atoms with Crippen LogP contribution < -0.4 is 5.32 Å². The maximum atomic E-state index is 5.91. The zero-order valence-corrected chi connectivity index (χ0v) is 9.76. The van der Waals surface area contributed by atoms with Gasteiger partial charge >= 0.3 is 0 Å². The Morgan fingerprint density at radius 2 is 2.20 bits per heavy atom. The average molecular weight is 224 g/mol. The molecule has 0 atom stereocenters. The van der Waals surface area contributed by atoms with Gasteiger partial charge in [-0.2, -0.15) is 0 Å². The van der Waals surface area contributed by atoms with Crippen LogP contribution in [0.1, 0.15) is 31.2 Å². The Morgan fingerprint density at radius 3 is 2.93 bits per heavy atom. The minimum atomic E-state index is 0.826. The summed E-state index contributed by atoms with van der Waals surface area (Å²) in [6.07, 6.45) is 5.65. The zero-order chi connectivity index (χ0) is 10.5. The van der Waals surface area contributed by atoms with Crippen LogP contribution in [0.4, 0.5) is 0 Å². The molecule has 1 aromatic carbocycles. The molecule has 0 amide bonds. The standard InChI is InChI=1S/C13H18ClN/c14-13-5-1-3-12(9-13)10-15-8-2-4-11-6-7-11/h1,3,5,9,11,15H,2,4,6-8,10H2. The van der Waals surface area contributed by atoms with Crippen LogP contribution >= 0.6 is 11.6 Å². The van der Waals surface area contributed by atoms with Gasteiger partial charge in [-0.15, -0.1) is 0 Å². The smallest absolute Gasteiger partial charge is 0.0409 e. The third kappa shape index (κ3) is 4.23. The summed E-state index contributed by atoms with van der Waals surface area (Å²) >= 11 is 5.91. The maximum Gasteiger partial charge on any atom is 0.0409 e. The lowest BCUT2D eigenvalue weighted by molar-refractivity contribution is 0.594. The van der Waals surface area contributed by atoms with E-state index in [2.05, 4.69) is 11.4 Å². The largest absolute Gasteiger partial charge is 0.313 e. The number of hydrogen-bond acceptors (Lipinski definition) is 1. The summed E-state index contributed by atoms with van der Waals surface area (Å²) in [6.45, 7) is 2.06. The fraction of sp³-hybridized carbons (Fsp3) is 0.538. The van der Waals surface area contributed by atoms with E-state index in [9.17, 15) is 0 Å². The van der Waals surface area contributed by atoms with Crippen molar-refractivity contribution in [1.82, 2.24) is 5.32 Å². The van der Waals surface area contributed by atoms with Gasteiger partial charge in [0.1, 0.15) is 0 Å². The van der Waals surface area contributed by atoms with E-state index < -0.39 is 0 Å². The van der Waals surface area contributed by atoms with E-state index in [4.69, 9.17) is 11.6 Å². The highest BCUT2D eigenvalue weighted by Crippen LogP contribution is 2.33. The van der Waals surface area contributed by atoms with E-state index in [-0.39, 0.29) is 0 Å². The molecule has 82 valence electrons. The second kappa shape index (κ2) is 5.53. The monoisotopic (exact) mass is 223 g/mol. The molecule has 1 saturated carbocycles. The highest BCUT2D eigenvalue weighted by molar-refractivity contribution is 6.30. The first kappa shape index (κ1) is 11.0. The van der Waals surface area contributed by atoms with E-state index in [1.807, 2.05) is 18.2 Å². The molecule has 0 saturated heterocycles. The number of halogens is 1. The van der Waals surface area contributed by atoms with Crippen molar-refractivity contribution in [3.8, 4) is 0 Å². The van der Waals surface area contributed by atoms with Crippen molar-refractivity contribution < 1.29 is 0 Å². The van der Waals surface area contributed by atoms with E-state index in [0.29, 0.717) is 0 Å². The molecule has 0 aliphatic heterocycles. The van der Waals surface area contributed by atoms with E-state index in [1.54, 1.807) is 0 Å². The molecule has 2 heteroatoms. The molecule has 0 radical (unpaired) electrons. The van der Waals surface area contributed by atoms with Crippen molar-refractivity contribution >= 4 is 11.6 Å². The van der Waals surface area contributed by atoms with Gasteiger partial charge in [0.25, 0.3) is 0 Å². The van der Waals surface area contributed by atoms with Crippen molar-refractivity contribution in [3.63, 3.8) is 0 Å². The Kier molecular flexibility index (Phi) is 4.04. The topological polar surface area (TPSA) is 12.0 Å². The fourth-order valence-corrected chi connectivity index (χ4v) is 2.01. The third-order valence-electron chi connectivity index (χ3n) is 2.88. The van der Waals surface area contributed by atoms with Crippen LogP contribution in [0.25, 0.3) is 0 Å². The Balaban J connectivity index is 1.60. The Morgan fingerprint density at radius 1 is 1.33 bits per heavy atom. The number of rotatable bonds is 6. The molecule has 1 nitrogen and oxygen atoms in total. The second-order valence-electron chi connectivity index (χ2n) is 4.39. The molecular weight excluding hydrogens is 206 g/mol. The van der Waals surface area contributed by atoms with Gasteiger partial charge in [0.2, 0.25) is 0 Å². The first-order valence-electron chi connectivity index (χ1n) is 5.80. The SMILES string of the molecule is Clc1cccc(CNCCCC2CC2)c1. The van der Waals surface area contributed by atoms with E-state index >= 15 is 0 Å². The molecule has 1 aromatic rings. The number of hydrogen-bond donors (Lipinski definition) is 1. The van der Waals surface area contributed by atoms with Crippen molar-refractivity contribution in [1.29, 1.82) is 0 Å². The maximum absolute atomic E-state index is 5.91. The van der Waals surface area contributed by atoms with Crippen LogP contribution in [-0.4, -0.2) is 6.54 Å². The Labute approximate surface area is 96.8 Å². The molecule has 1 aliphatic carbocycles. The van der Waals surface area contributed by atoms with Crippen LogP contribution in [0.3, 0.4) is 0 Å². The predicted octanol–water partition coefficient (Wildman–Crippen LogP) is 3.62. The normalized spacial score (nSPS) is 15.5. The summed E-state index contributed by atoms with van der Waals surface area (Å²) in [7, 11) is 0. The lowest BCUT2D eigenvalue weighted by Crippen LogP contribution is -2.14. The third-order valence-corrected chi connectivity index (χ3v) is 3.12. The van der Waals surface area contributed by atoms with Gasteiger partial charge in [0, 0.05) is 11.6 Å². The summed E-state index contributed by atoms with van der Waals surface area (Å²) in [4.78, 5) is 0. The summed E-state index contributed by atoms with van der Waals surface area (Å²) in [6, 6.07) is 8.05. The zero-order valence-electron chi connectivity index (χ0n) is 9.01. The van der Waals surface area contributed by atoms with Gasteiger partial charge in [-0.1, -0.05) is 36.6 Å². The quantitative estimate of drug-likeness (QED) is 0.727. The molecule has 0 spiro atoms. The Hall–Kier alpha value is -0.530. The molecule has 1 N–H and O–H groups in total. The first-order valence-corrected chi connectivity index (χ1v) is 6.17. The minimum Gasteiger partial charge on any atom is -0.313 e. The van der Waals surface area contributed by atoms with E-state index in [0.717, 1.165) is 24.0 Å². The average Bonchev–Trinajstić information content (AvgIpc) is 3.01. The van der Waals surface area contributed by atoms with Gasteiger partial charge in [0.15, 0.2) is 0 Å². The first-order chi connectivity index (χ1) is 7.34. The van der Waals surface area contributed by atoms with Gasteiger partial charge in [-0.25, -0.2) is 0 Å². The molecule has 1 aliphatic rings. The molecular formula is C13H18ClN. The lowest BCUT2D eigenvalue weighted by atomic mass is 10.2. The van der Waals surface area contributed by atoms with Crippen LogP contribution in [-0.2, 0) is 6.54 Å². The summed E-state index contributed by atoms with van der Waals surface area (Å²) in [5.74, 6) is 1.05. The highest BCUT2D eigenvalue weighted by Gasteiger charge is 2.19. The predicted molar refractivity (Wildman–Crippen MR) is 65.1 cm³/mol. The highest BCUT2D eigenvalue weighted by atomic mass is 35.5. The molecule has 0 unspecified atom stereocenters. The molecule has 0 aromatic heterocycles. The lowest BCUT2D eigenvalue weighted by Gasteiger charge is -2.04. The van der Waals surface area contributed by atoms with Gasteiger partial charge < -0.3 is 5.32 Å². The summed E-state index contributed by atoms with van der Waals surface area (Å²) < 4.78 is 0. The van der Waals surface area contributed by atoms with Crippen LogP contribution in [0.5, 0.6) is 0 Å². The van der Waals surface area contributed by atoms with Crippen molar-refractivity contribution in [2.75, 3.05) is 6.54 Å². The number of benzene rings is 1. The summed E-state index contributed by atoms with van der Waals surface area (Å²) in [5, 5.41) is 4.28. The van der Waals surface area contributed by atoms with Gasteiger partial charge in [0.05, 0.1) is 0 Å². The molecule has 0 bridgehead atoms. The van der Waals surface area contributed by atoms with Crippen molar-refractivity contribution in [2.45, 2.75) is 32.2 Å². The van der Waals surface area contributed by atoms with Crippen LogP contribution in [0.2, 0.25) is 5.02 Å². The number of nitrogens with one attached hydrogen (secondary N) is 1. The Bertz CT molecular complexity index is 307. The van der Waals surface area contributed by atoms with Crippen molar-refractivity contribution in [2.24, 2.45) is 5.92 Å². The molecule has 2 rings (SSSR count). The van der Waals surface area contributed by atoms with Crippen molar-refractivity contribution in [3.05, 3.63) is 34.9 Å². The van der Waals surface area contributed by atoms with Gasteiger partial charge in [-0.05, 0) is 43.0 Å². The van der Waals surface area contributed by atoms with E-state index in [1.165, 1.54) is 31.2 Å².